The van der Waals surface area contributed by atoms with Crippen molar-refractivity contribution in [1.29, 1.82) is 0 Å². The topological polar surface area (TPSA) is 49.9 Å². The molecule has 3 aromatic rings. The Morgan fingerprint density at radius 3 is 2.45 bits per heavy atom. The number of carbonyl (C=O) groups excluding carboxylic acids is 2. The number of rotatable bonds is 10. The summed E-state index contributed by atoms with van der Waals surface area (Å²) in [6.45, 7) is 10.3. The van der Waals surface area contributed by atoms with E-state index in [9.17, 15) is 9.59 Å². The van der Waals surface area contributed by atoms with Crippen molar-refractivity contribution in [3.05, 3.63) is 110 Å². The quantitative estimate of drug-likeness (QED) is 0.123. The number of fused-ring (bicyclic) bond motifs is 1. The van der Waals surface area contributed by atoms with Crippen LogP contribution in [0, 0.1) is 0 Å². The first-order valence-corrected chi connectivity index (χ1v) is 17.8. The third kappa shape index (κ3) is 6.96. The standard InChI is InChI=1S/C33H36ClIN2O3/c1-5-20-35(6-2)21-9-22-40-29-18-12-26(13-19-29)33(39)36-24(3)23-32(30-10-7-8-11-31(30)36)37(25(4)38)28-16-14-27(34)15-17-28/h5-8,10-20,24,32H,2,9,21-23H2,1,3-4H3/b20-5-/t24-,32+/m0/s1. The molecule has 0 saturated heterocycles. The van der Waals surface area contributed by atoms with Gasteiger partial charge < -0.3 is 4.90 Å². The Bertz CT molecular complexity index is 1360. The number of carbonyl (C=O) groups is 2. The summed E-state index contributed by atoms with van der Waals surface area (Å²) in [6, 6.07) is 22.2. The third-order valence-electron chi connectivity index (χ3n) is 6.89. The summed E-state index contributed by atoms with van der Waals surface area (Å²) >= 11 is 4.91. The van der Waals surface area contributed by atoms with Crippen molar-refractivity contribution in [3.8, 4) is 5.75 Å². The number of halogens is 2. The van der Waals surface area contributed by atoms with Crippen LogP contribution in [0.15, 0.2) is 93.6 Å². The Morgan fingerprint density at radius 1 is 1.10 bits per heavy atom. The number of hydrogen-bond acceptors (Lipinski definition) is 3. The Hall–Kier alpha value is -3.10. The summed E-state index contributed by atoms with van der Waals surface area (Å²) in [5, 5.41) is 0.616. The van der Waals surface area contributed by atoms with Gasteiger partial charge in [0, 0.05) is 17.6 Å². The Labute approximate surface area is 249 Å². The molecule has 210 valence electrons. The minimum absolute atomic E-state index is 0.0609. The number of nitrogens with zero attached hydrogens (tertiary/aromatic N) is 2. The van der Waals surface area contributed by atoms with Crippen molar-refractivity contribution in [3.63, 3.8) is 0 Å². The molecular formula is C33H36ClIN2O3. The van der Waals surface area contributed by atoms with Gasteiger partial charge in [-0.15, -0.1) is 0 Å². The fraction of sp³-hybridized carbons (Fsp3) is 0.273. The van der Waals surface area contributed by atoms with Gasteiger partial charge in [-0.05, 0) is 24.3 Å². The molecular weight excluding hydrogens is 635 g/mol. The van der Waals surface area contributed by atoms with Crippen LogP contribution in [-0.2, 0) is 4.79 Å². The van der Waals surface area contributed by atoms with Crippen LogP contribution in [0.5, 0.6) is 5.75 Å². The normalized spacial score (nSPS) is 16.8. The van der Waals surface area contributed by atoms with Gasteiger partial charge in [0.25, 0.3) is 0 Å². The van der Waals surface area contributed by atoms with Crippen LogP contribution < -0.4 is 14.5 Å². The molecule has 0 radical (unpaired) electrons. The molecule has 0 N–H and O–H groups in total. The Kier molecular flexibility index (Phi) is 10.5. The van der Waals surface area contributed by atoms with Crippen molar-refractivity contribution in [2.75, 3.05) is 20.8 Å². The van der Waals surface area contributed by atoms with Crippen LogP contribution in [0.25, 0.3) is 0 Å². The molecule has 0 unspecified atom stereocenters. The van der Waals surface area contributed by atoms with Gasteiger partial charge in [-0.3, -0.25) is 4.79 Å². The van der Waals surface area contributed by atoms with Crippen LogP contribution in [0.4, 0.5) is 11.4 Å². The SMILES string of the molecule is C=CI(/C=C\C)CCCOc1ccc(C(=O)N2c3ccccc3[C@H](N(C(C)=O)c3ccc(Cl)cc3)C[C@@H]2C)cc1. The summed E-state index contributed by atoms with van der Waals surface area (Å²) in [7, 11) is 0. The second kappa shape index (κ2) is 14.0. The van der Waals surface area contributed by atoms with E-state index in [1.54, 1.807) is 24.0 Å². The second-order valence-electron chi connectivity index (χ2n) is 9.66. The van der Waals surface area contributed by atoms with Crippen molar-refractivity contribution in [2.24, 2.45) is 0 Å². The van der Waals surface area contributed by atoms with E-state index in [1.807, 2.05) is 72.5 Å². The van der Waals surface area contributed by atoms with Gasteiger partial charge in [0.1, 0.15) is 0 Å². The summed E-state index contributed by atoms with van der Waals surface area (Å²) < 4.78 is 11.5. The van der Waals surface area contributed by atoms with Gasteiger partial charge >= 0.3 is 158 Å². The number of alkyl halides is 1. The third-order valence-corrected chi connectivity index (χ3v) is 11.9. The fourth-order valence-corrected chi connectivity index (χ4v) is 8.44. The predicted molar refractivity (Wildman–Crippen MR) is 175 cm³/mol. The van der Waals surface area contributed by atoms with Crippen molar-refractivity contribution in [1.82, 2.24) is 0 Å². The maximum atomic E-state index is 13.8. The zero-order chi connectivity index (χ0) is 28.6. The maximum absolute atomic E-state index is 13.8. The Morgan fingerprint density at radius 2 is 1.80 bits per heavy atom. The van der Waals surface area contributed by atoms with E-state index in [0.717, 1.165) is 33.5 Å². The fourth-order valence-electron chi connectivity index (χ4n) is 5.10. The molecule has 40 heavy (non-hydrogen) atoms. The van der Waals surface area contributed by atoms with Crippen LogP contribution in [-0.4, -0.2) is 28.9 Å². The van der Waals surface area contributed by atoms with Crippen molar-refractivity contribution >= 4 is 54.6 Å². The van der Waals surface area contributed by atoms with Crippen molar-refractivity contribution < 1.29 is 14.3 Å². The summed E-state index contributed by atoms with van der Waals surface area (Å²) in [4.78, 5) is 30.3. The van der Waals surface area contributed by atoms with Gasteiger partial charge in [-0.1, -0.05) is 29.8 Å². The molecule has 1 aliphatic rings. The van der Waals surface area contributed by atoms with Gasteiger partial charge in [0.05, 0.1) is 6.04 Å². The molecule has 2 atom stereocenters. The number of para-hydroxylation sites is 1. The van der Waals surface area contributed by atoms with Crippen LogP contribution in [0.2, 0.25) is 5.02 Å². The molecule has 0 aliphatic carbocycles. The number of ether oxygens (including phenoxy) is 1. The van der Waals surface area contributed by atoms with Gasteiger partial charge in [0.15, 0.2) is 0 Å². The average molecular weight is 671 g/mol. The van der Waals surface area contributed by atoms with Crippen LogP contribution in [0.3, 0.4) is 0 Å². The molecule has 1 heterocycles. The van der Waals surface area contributed by atoms with Crippen molar-refractivity contribution in [2.45, 2.75) is 45.7 Å². The van der Waals surface area contributed by atoms with Gasteiger partial charge in [0.2, 0.25) is 5.91 Å². The molecule has 1 aliphatic heterocycles. The van der Waals surface area contributed by atoms with E-state index in [2.05, 4.69) is 27.7 Å². The number of amides is 2. The summed E-state index contributed by atoms with van der Waals surface area (Å²) in [5.74, 6) is 0.626. The molecule has 3 aromatic carbocycles. The van der Waals surface area contributed by atoms with Gasteiger partial charge in [-0.25, -0.2) is 0 Å². The van der Waals surface area contributed by atoms with Crippen LogP contribution in [0.1, 0.15) is 55.6 Å². The van der Waals surface area contributed by atoms with E-state index in [4.69, 9.17) is 16.3 Å². The second-order valence-corrected chi connectivity index (χ2v) is 15.3. The zero-order valence-corrected chi connectivity index (χ0v) is 26.1. The minimum atomic E-state index is -1.20. The first-order valence-electron chi connectivity index (χ1n) is 13.4. The average Bonchev–Trinajstić information content (AvgIpc) is 2.95. The van der Waals surface area contributed by atoms with E-state index in [-0.39, 0.29) is 23.9 Å². The number of benzene rings is 3. The summed E-state index contributed by atoms with van der Waals surface area (Å²) in [6.07, 6.45) is 3.71. The molecule has 0 saturated carbocycles. The van der Waals surface area contributed by atoms with Gasteiger partial charge in [-0.2, -0.15) is 0 Å². The molecule has 5 nitrogen and oxygen atoms in total. The summed E-state index contributed by atoms with van der Waals surface area (Å²) in [5.41, 5.74) is 3.14. The van der Waals surface area contributed by atoms with E-state index in [1.165, 1.54) is 0 Å². The molecule has 0 aromatic heterocycles. The molecule has 0 fully saturated rings. The molecule has 2 amide bonds. The molecule has 0 spiro atoms. The molecule has 0 bridgehead atoms. The number of anilines is 2. The first-order chi connectivity index (χ1) is 19.3. The van der Waals surface area contributed by atoms with Crippen LogP contribution >= 0.6 is 31.4 Å². The number of hydrogen-bond donors (Lipinski definition) is 0. The monoisotopic (exact) mass is 670 g/mol. The zero-order valence-electron chi connectivity index (χ0n) is 23.2. The molecule has 7 heteroatoms. The number of allylic oxidation sites excluding steroid dienone is 1. The van der Waals surface area contributed by atoms with E-state index < -0.39 is 19.8 Å². The predicted octanol–water partition coefficient (Wildman–Crippen LogP) is 8.83. The molecule has 4 rings (SSSR count). The van der Waals surface area contributed by atoms with E-state index in [0.29, 0.717) is 23.6 Å². The first kappa shape index (κ1) is 29.9. The van der Waals surface area contributed by atoms with E-state index >= 15 is 0 Å². The Balaban J connectivity index is 1.51.